The van der Waals surface area contributed by atoms with Gasteiger partial charge in [0.25, 0.3) is 0 Å². The molecule has 1 fully saturated rings. The van der Waals surface area contributed by atoms with Crippen LogP contribution in [-0.2, 0) is 0 Å². The molecule has 29 heavy (non-hydrogen) atoms. The Balaban J connectivity index is 1.65. The summed E-state index contributed by atoms with van der Waals surface area (Å²) in [7, 11) is 0. The Kier molecular flexibility index (Phi) is 6.95. The zero-order valence-corrected chi connectivity index (χ0v) is 17.2. The van der Waals surface area contributed by atoms with Crippen molar-refractivity contribution in [2.75, 3.05) is 13.1 Å². The van der Waals surface area contributed by atoms with Crippen LogP contribution >= 0.6 is 0 Å². The summed E-state index contributed by atoms with van der Waals surface area (Å²) in [5, 5.41) is 7.44. The summed E-state index contributed by atoms with van der Waals surface area (Å²) in [5.41, 5.74) is 4.42. The lowest BCUT2D eigenvalue weighted by Gasteiger charge is -2.32. The molecular formula is C25H32N4. The van der Waals surface area contributed by atoms with Crippen LogP contribution in [0.5, 0.6) is 0 Å². The largest absolute Gasteiger partial charge is 0.383 e. The number of allylic oxidation sites excluding steroid dienone is 10. The zero-order chi connectivity index (χ0) is 19.7. The van der Waals surface area contributed by atoms with E-state index in [0.717, 1.165) is 61.6 Å². The van der Waals surface area contributed by atoms with E-state index in [1.807, 2.05) is 0 Å². The highest BCUT2D eigenvalue weighted by Crippen LogP contribution is 2.24. The molecule has 3 aliphatic carbocycles. The highest BCUT2D eigenvalue weighted by atomic mass is 15.0. The van der Waals surface area contributed by atoms with Crippen molar-refractivity contribution < 1.29 is 0 Å². The molecule has 0 spiro atoms. The molecule has 0 radical (unpaired) electrons. The van der Waals surface area contributed by atoms with Crippen LogP contribution in [0.4, 0.5) is 0 Å². The lowest BCUT2D eigenvalue weighted by atomic mass is 9.90. The minimum atomic E-state index is 0.273. The second kappa shape index (κ2) is 10.2. The van der Waals surface area contributed by atoms with Crippen LogP contribution in [-0.4, -0.2) is 36.6 Å². The summed E-state index contributed by atoms with van der Waals surface area (Å²) < 4.78 is 0. The van der Waals surface area contributed by atoms with Crippen molar-refractivity contribution in [3.8, 4) is 0 Å². The number of hydrogen-bond acceptors (Lipinski definition) is 4. The molecule has 4 aliphatic rings. The number of aliphatic imine (C=N–C) groups is 2. The summed E-state index contributed by atoms with van der Waals surface area (Å²) in [5.74, 6) is 0. The molecule has 2 N–H and O–H groups in total. The highest BCUT2D eigenvalue weighted by Gasteiger charge is 2.26. The molecule has 0 aromatic carbocycles. The Morgan fingerprint density at radius 1 is 0.724 bits per heavy atom. The van der Waals surface area contributed by atoms with Gasteiger partial charge in [-0.1, -0.05) is 49.3 Å². The van der Waals surface area contributed by atoms with Gasteiger partial charge in [0, 0.05) is 19.1 Å². The van der Waals surface area contributed by atoms with Crippen LogP contribution in [0.15, 0.2) is 82.1 Å². The van der Waals surface area contributed by atoms with Gasteiger partial charge in [-0.05, 0) is 56.4 Å². The molecule has 0 unspecified atom stereocenters. The molecule has 0 saturated heterocycles. The van der Waals surface area contributed by atoms with Crippen molar-refractivity contribution in [3.63, 3.8) is 0 Å². The topological polar surface area (TPSA) is 48.8 Å². The maximum atomic E-state index is 5.25. The average molecular weight is 389 g/mol. The van der Waals surface area contributed by atoms with E-state index < -0.39 is 0 Å². The van der Waals surface area contributed by atoms with Gasteiger partial charge in [0.1, 0.15) is 0 Å². The van der Waals surface area contributed by atoms with Gasteiger partial charge in [-0.2, -0.15) is 0 Å². The van der Waals surface area contributed by atoms with Gasteiger partial charge < -0.3 is 10.6 Å². The van der Waals surface area contributed by atoms with E-state index in [1.54, 1.807) is 0 Å². The molecule has 0 bridgehead atoms. The summed E-state index contributed by atoms with van der Waals surface area (Å²) >= 11 is 0. The van der Waals surface area contributed by atoms with Crippen LogP contribution < -0.4 is 10.6 Å². The number of nitrogens with zero attached hydrogens (tertiary/aromatic N) is 2. The van der Waals surface area contributed by atoms with E-state index >= 15 is 0 Å². The van der Waals surface area contributed by atoms with Crippen molar-refractivity contribution in [2.45, 2.75) is 57.0 Å². The monoisotopic (exact) mass is 388 g/mol. The third kappa shape index (κ3) is 5.47. The van der Waals surface area contributed by atoms with Crippen LogP contribution in [0.25, 0.3) is 0 Å². The molecule has 0 aromatic heterocycles. The van der Waals surface area contributed by atoms with E-state index in [9.17, 15) is 0 Å². The minimum absolute atomic E-state index is 0.273. The number of rotatable bonds is 0. The number of nitrogens with one attached hydrogen (secondary N) is 2. The summed E-state index contributed by atoms with van der Waals surface area (Å²) in [4.78, 5) is 10.2. The van der Waals surface area contributed by atoms with Gasteiger partial charge >= 0.3 is 0 Å². The summed E-state index contributed by atoms with van der Waals surface area (Å²) in [6.07, 6.45) is 29.3. The van der Waals surface area contributed by atoms with E-state index in [1.165, 1.54) is 19.3 Å². The lowest BCUT2D eigenvalue weighted by Crippen LogP contribution is -2.42. The van der Waals surface area contributed by atoms with E-state index in [0.29, 0.717) is 6.04 Å². The fourth-order valence-electron chi connectivity index (χ4n) is 4.25. The highest BCUT2D eigenvalue weighted by molar-refractivity contribution is 6.09. The fourth-order valence-corrected chi connectivity index (χ4v) is 4.25. The summed E-state index contributed by atoms with van der Waals surface area (Å²) in [6.45, 7) is 1.85. The zero-order valence-electron chi connectivity index (χ0n) is 17.2. The van der Waals surface area contributed by atoms with Crippen LogP contribution in [0.3, 0.4) is 0 Å². The average Bonchev–Trinajstić information content (AvgIpc) is 3.09. The van der Waals surface area contributed by atoms with E-state index in [2.05, 4.69) is 71.4 Å². The predicted octanol–water partition coefficient (Wildman–Crippen LogP) is 4.56. The van der Waals surface area contributed by atoms with Gasteiger partial charge in [-0.15, -0.1) is 0 Å². The molecule has 1 aliphatic heterocycles. The predicted molar refractivity (Wildman–Crippen MR) is 123 cm³/mol. The van der Waals surface area contributed by atoms with Crippen LogP contribution in [0.2, 0.25) is 0 Å². The first-order valence-corrected chi connectivity index (χ1v) is 11.1. The Bertz CT molecular complexity index is 820. The van der Waals surface area contributed by atoms with Crippen molar-refractivity contribution in [2.24, 2.45) is 9.98 Å². The van der Waals surface area contributed by atoms with E-state index in [4.69, 9.17) is 9.98 Å². The Morgan fingerprint density at radius 2 is 1.52 bits per heavy atom. The van der Waals surface area contributed by atoms with Crippen molar-refractivity contribution in [3.05, 3.63) is 72.2 Å². The lowest BCUT2D eigenvalue weighted by molar-refractivity contribution is 0.351. The second-order valence-electron chi connectivity index (χ2n) is 8.02. The Labute approximate surface area is 174 Å². The van der Waals surface area contributed by atoms with Gasteiger partial charge in [0.2, 0.25) is 0 Å². The van der Waals surface area contributed by atoms with Gasteiger partial charge in [0.15, 0.2) is 0 Å². The second-order valence-corrected chi connectivity index (χ2v) is 8.02. The first-order valence-electron chi connectivity index (χ1n) is 11.1. The maximum absolute atomic E-state index is 5.25. The Morgan fingerprint density at radius 3 is 2.41 bits per heavy atom. The minimum Gasteiger partial charge on any atom is -0.383 e. The van der Waals surface area contributed by atoms with Gasteiger partial charge in [-0.3, -0.25) is 9.98 Å². The maximum Gasteiger partial charge on any atom is 0.0810 e. The molecule has 4 nitrogen and oxygen atoms in total. The van der Waals surface area contributed by atoms with Gasteiger partial charge in [-0.25, -0.2) is 0 Å². The van der Waals surface area contributed by atoms with Crippen molar-refractivity contribution in [1.29, 1.82) is 0 Å². The molecule has 4 heteroatoms. The first-order chi connectivity index (χ1) is 14.4. The molecule has 4 rings (SSSR count). The quantitative estimate of drug-likeness (QED) is 0.639. The third-order valence-corrected chi connectivity index (χ3v) is 5.84. The molecule has 152 valence electrons. The smallest absolute Gasteiger partial charge is 0.0810 e. The van der Waals surface area contributed by atoms with Crippen LogP contribution in [0.1, 0.15) is 44.9 Å². The molecule has 1 saturated carbocycles. The standard InChI is InChI=1S/C25H32N4/c1-4-12-20-22(14-6-1)28-24-16-8-9-17-25(24)29-23-15-7-2-5-13-21(23)27-19-11-3-10-18-26-20/h1-2,4-7,12-15,24-26,29H,3,8-11,16-19H2/t24-,25-/m0/s1. The third-order valence-electron chi connectivity index (χ3n) is 5.84. The molecule has 0 amide bonds. The summed E-state index contributed by atoms with van der Waals surface area (Å²) in [6, 6.07) is 0.610. The molecule has 0 aromatic rings. The normalized spacial score (nSPS) is 27.6. The van der Waals surface area contributed by atoms with Crippen molar-refractivity contribution >= 4 is 11.4 Å². The van der Waals surface area contributed by atoms with Crippen LogP contribution in [0, 0.1) is 0 Å². The van der Waals surface area contributed by atoms with Crippen molar-refractivity contribution in [1.82, 2.24) is 10.6 Å². The Hall–Kier alpha value is -2.62. The molecule has 2 atom stereocenters. The van der Waals surface area contributed by atoms with E-state index in [-0.39, 0.29) is 6.04 Å². The first kappa shape index (κ1) is 19.7. The number of hydrogen-bond donors (Lipinski definition) is 2. The number of fused-ring (bicyclic) bond motifs is 3. The molecule has 1 heterocycles. The fraction of sp³-hybridized carbons (Fsp3) is 0.440. The SMILES string of the molecule is C1=CC=C2NCCCCCN=C3C=CC=CC=C3N[C@H]3CCCC[C@@H]3N=C2C=C1. The van der Waals surface area contributed by atoms with Gasteiger partial charge in [0.05, 0.1) is 28.9 Å². The molecular weight excluding hydrogens is 356 g/mol.